The third kappa shape index (κ3) is 5.57. The molecule has 6 nitrogen and oxygen atoms in total. The molecule has 150 valence electrons. The summed E-state index contributed by atoms with van der Waals surface area (Å²) in [7, 11) is 7.89. The first-order valence-electron chi connectivity index (χ1n) is 9.29. The Labute approximate surface area is 167 Å². The first-order chi connectivity index (χ1) is 13.2. The van der Waals surface area contributed by atoms with E-state index in [1.54, 1.807) is 6.07 Å². The molecule has 0 aliphatic heterocycles. The van der Waals surface area contributed by atoms with Crippen LogP contribution in [0.15, 0.2) is 42.5 Å². The molecule has 0 aromatic heterocycles. The van der Waals surface area contributed by atoms with Crippen molar-refractivity contribution in [1.29, 1.82) is 0 Å². The standard InChI is InChI=1S/C22H30N4O2/c1-15-7-10-18(13-16(15)2)24-22(28)21(27)23-14-20(26(5)6)17-8-11-19(12-9-17)25(3)4/h7-13,20H,14H2,1-6H3,(H,23,27)(H,24,28). The first kappa shape index (κ1) is 21.4. The zero-order valence-electron chi connectivity index (χ0n) is 17.5. The molecule has 0 saturated carbocycles. The first-order valence-corrected chi connectivity index (χ1v) is 9.29. The number of nitrogens with zero attached hydrogens (tertiary/aromatic N) is 2. The molecule has 0 aliphatic rings. The summed E-state index contributed by atoms with van der Waals surface area (Å²) >= 11 is 0. The van der Waals surface area contributed by atoms with E-state index in [0.29, 0.717) is 12.2 Å². The molecule has 0 radical (unpaired) electrons. The molecule has 1 unspecified atom stereocenters. The lowest BCUT2D eigenvalue weighted by Gasteiger charge is -2.25. The van der Waals surface area contributed by atoms with Gasteiger partial charge in [-0.15, -0.1) is 0 Å². The Bertz CT molecular complexity index is 829. The Morgan fingerprint density at radius 1 is 0.893 bits per heavy atom. The Kier molecular flexibility index (Phi) is 7.18. The summed E-state index contributed by atoms with van der Waals surface area (Å²) in [6.45, 7) is 4.31. The maximum Gasteiger partial charge on any atom is 0.313 e. The van der Waals surface area contributed by atoms with Crippen LogP contribution in [0.4, 0.5) is 11.4 Å². The van der Waals surface area contributed by atoms with Crippen molar-refractivity contribution < 1.29 is 9.59 Å². The van der Waals surface area contributed by atoms with Gasteiger partial charge in [0.2, 0.25) is 0 Å². The second-order valence-corrected chi connectivity index (χ2v) is 7.43. The largest absolute Gasteiger partial charge is 0.378 e. The van der Waals surface area contributed by atoms with E-state index in [4.69, 9.17) is 0 Å². The van der Waals surface area contributed by atoms with Gasteiger partial charge in [0.25, 0.3) is 0 Å². The quantitative estimate of drug-likeness (QED) is 0.754. The third-order valence-electron chi connectivity index (χ3n) is 4.84. The van der Waals surface area contributed by atoms with E-state index >= 15 is 0 Å². The SMILES string of the molecule is Cc1ccc(NC(=O)C(=O)NCC(c2ccc(N(C)C)cc2)N(C)C)cc1C. The number of hydrogen-bond donors (Lipinski definition) is 2. The molecular formula is C22H30N4O2. The van der Waals surface area contributed by atoms with Crippen LogP contribution in [0.5, 0.6) is 0 Å². The van der Waals surface area contributed by atoms with Gasteiger partial charge in [0, 0.05) is 32.0 Å². The number of carbonyl (C=O) groups excluding carboxylic acids is 2. The predicted molar refractivity (Wildman–Crippen MR) is 115 cm³/mol. The summed E-state index contributed by atoms with van der Waals surface area (Å²) < 4.78 is 0. The van der Waals surface area contributed by atoms with E-state index in [1.807, 2.05) is 88.2 Å². The van der Waals surface area contributed by atoms with Crippen LogP contribution >= 0.6 is 0 Å². The summed E-state index contributed by atoms with van der Waals surface area (Å²) in [6.07, 6.45) is 0. The van der Waals surface area contributed by atoms with Crippen LogP contribution in [0.1, 0.15) is 22.7 Å². The minimum absolute atomic E-state index is 0.0328. The highest BCUT2D eigenvalue weighted by Crippen LogP contribution is 2.21. The van der Waals surface area contributed by atoms with Crippen molar-refractivity contribution in [2.75, 3.05) is 45.0 Å². The molecule has 0 fully saturated rings. The number of likely N-dealkylation sites (N-methyl/N-ethyl adjacent to an activating group) is 1. The second kappa shape index (κ2) is 9.37. The number of aryl methyl sites for hydroxylation is 2. The van der Waals surface area contributed by atoms with Crippen molar-refractivity contribution in [3.63, 3.8) is 0 Å². The minimum Gasteiger partial charge on any atom is -0.378 e. The molecule has 28 heavy (non-hydrogen) atoms. The summed E-state index contributed by atoms with van der Waals surface area (Å²) in [5, 5.41) is 5.40. The van der Waals surface area contributed by atoms with Crippen molar-refractivity contribution >= 4 is 23.2 Å². The van der Waals surface area contributed by atoms with Crippen molar-refractivity contribution in [2.24, 2.45) is 0 Å². The van der Waals surface area contributed by atoms with Crippen molar-refractivity contribution in [2.45, 2.75) is 19.9 Å². The van der Waals surface area contributed by atoms with E-state index in [0.717, 1.165) is 22.4 Å². The van der Waals surface area contributed by atoms with E-state index in [1.165, 1.54) is 0 Å². The topological polar surface area (TPSA) is 64.7 Å². The molecule has 0 saturated heterocycles. The summed E-state index contributed by atoms with van der Waals surface area (Å²) in [5.74, 6) is -1.31. The molecule has 2 rings (SSSR count). The van der Waals surface area contributed by atoms with Gasteiger partial charge in [0.1, 0.15) is 0 Å². The normalized spacial score (nSPS) is 11.8. The number of benzene rings is 2. The van der Waals surface area contributed by atoms with Crippen molar-refractivity contribution in [1.82, 2.24) is 10.2 Å². The average molecular weight is 383 g/mol. The van der Waals surface area contributed by atoms with E-state index in [9.17, 15) is 9.59 Å². The maximum absolute atomic E-state index is 12.3. The van der Waals surface area contributed by atoms with Crippen molar-refractivity contribution in [3.05, 3.63) is 59.2 Å². The van der Waals surface area contributed by atoms with Gasteiger partial charge in [-0.3, -0.25) is 9.59 Å². The smallest absolute Gasteiger partial charge is 0.313 e. The predicted octanol–water partition coefficient (Wildman–Crippen LogP) is 2.73. The number of rotatable bonds is 6. The molecular weight excluding hydrogens is 352 g/mol. The molecule has 2 aromatic carbocycles. The average Bonchev–Trinajstić information content (AvgIpc) is 2.64. The van der Waals surface area contributed by atoms with Gasteiger partial charge in [-0.1, -0.05) is 18.2 Å². The summed E-state index contributed by atoms with van der Waals surface area (Å²) in [6, 6.07) is 13.7. The van der Waals surface area contributed by atoms with Gasteiger partial charge in [0.05, 0.1) is 6.04 Å². The Hall–Kier alpha value is -2.86. The molecule has 2 aromatic rings. The van der Waals surface area contributed by atoms with Crippen LogP contribution in [0.25, 0.3) is 0 Å². The van der Waals surface area contributed by atoms with Crippen LogP contribution in [-0.4, -0.2) is 51.4 Å². The Morgan fingerprint density at radius 2 is 1.54 bits per heavy atom. The minimum atomic E-state index is -0.663. The van der Waals surface area contributed by atoms with Gasteiger partial charge in [-0.25, -0.2) is 0 Å². The number of carbonyl (C=O) groups is 2. The zero-order valence-corrected chi connectivity index (χ0v) is 17.5. The molecule has 0 aliphatic carbocycles. The number of nitrogens with one attached hydrogen (secondary N) is 2. The van der Waals surface area contributed by atoms with Crippen LogP contribution < -0.4 is 15.5 Å². The molecule has 1 atom stereocenters. The fourth-order valence-electron chi connectivity index (χ4n) is 2.87. The van der Waals surface area contributed by atoms with Crippen molar-refractivity contribution in [3.8, 4) is 0 Å². The molecule has 6 heteroatoms. The van der Waals surface area contributed by atoms with Crippen LogP contribution in [-0.2, 0) is 9.59 Å². The van der Waals surface area contributed by atoms with E-state index < -0.39 is 11.8 Å². The second-order valence-electron chi connectivity index (χ2n) is 7.43. The lowest BCUT2D eigenvalue weighted by molar-refractivity contribution is -0.136. The lowest BCUT2D eigenvalue weighted by Crippen LogP contribution is -2.40. The maximum atomic E-state index is 12.3. The molecule has 0 bridgehead atoms. The fourth-order valence-corrected chi connectivity index (χ4v) is 2.87. The number of anilines is 2. The van der Waals surface area contributed by atoms with Gasteiger partial charge < -0.3 is 20.4 Å². The summed E-state index contributed by atoms with van der Waals surface area (Å²) in [5.41, 5.74) is 5.00. The third-order valence-corrected chi connectivity index (χ3v) is 4.84. The number of amides is 2. The highest BCUT2D eigenvalue weighted by molar-refractivity contribution is 6.39. The highest BCUT2D eigenvalue weighted by Gasteiger charge is 2.19. The van der Waals surface area contributed by atoms with E-state index in [-0.39, 0.29) is 6.04 Å². The van der Waals surface area contributed by atoms with Crippen LogP contribution in [0.2, 0.25) is 0 Å². The number of hydrogen-bond acceptors (Lipinski definition) is 4. The highest BCUT2D eigenvalue weighted by atomic mass is 16.2. The summed E-state index contributed by atoms with van der Waals surface area (Å²) in [4.78, 5) is 28.5. The van der Waals surface area contributed by atoms with Gasteiger partial charge in [-0.2, -0.15) is 0 Å². The zero-order chi connectivity index (χ0) is 20.8. The van der Waals surface area contributed by atoms with Gasteiger partial charge >= 0.3 is 11.8 Å². The molecule has 0 spiro atoms. The molecule has 0 heterocycles. The molecule has 2 N–H and O–H groups in total. The lowest BCUT2D eigenvalue weighted by atomic mass is 10.1. The van der Waals surface area contributed by atoms with Gasteiger partial charge in [0.15, 0.2) is 0 Å². The Balaban J connectivity index is 1.99. The Morgan fingerprint density at radius 3 is 2.07 bits per heavy atom. The monoisotopic (exact) mass is 382 g/mol. The van der Waals surface area contributed by atoms with Gasteiger partial charge in [-0.05, 0) is 68.9 Å². The fraction of sp³-hybridized carbons (Fsp3) is 0.364. The van der Waals surface area contributed by atoms with Crippen LogP contribution in [0.3, 0.4) is 0 Å². The molecule has 2 amide bonds. The van der Waals surface area contributed by atoms with Crippen LogP contribution in [0, 0.1) is 13.8 Å². The van der Waals surface area contributed by atoms with E-state index in [2.05, 4.69) is 10.6 Å².